The van der Waals surface area contributed by atoms with Gasteiger partial charge in [0.2, 0.25) is 5.91 Å². The maximum atomic E-state index is 12.2. The van der Waals surface area contributed by atoms with Crippen molar-refractivity contribution in [3.05, 3.63) is 57.5 Å². The van der Waals surface area contributed by atoms with Crippen LogP contribution in [0.5, 0.6) is 5.75 Å². The van der Waals surface area contributed by atoms with Gasteiger partial charge in [0, 0.05) is 34.9 Å². The fourth-order valence-electron chi connectivity index (χ4n) is 2.98. The summed E-state index contributed by atoms with van der Waals surface area (Å²) in [5, 5.41) is 3.50. The van der Waals surface area contributed by atoms with E-state index in [9.17, 15) is 4.79 Å². The smallest absolute Gasteiger partial charge is 0.248 e. The van der Waals surface area contributed by atoms with Crippen LogP contribution in [-0.4, -0.2) is 26.1 Å². The first-order chi connectivity index (χ1) is 12.6. The van der Waals surface area contributed by atoms with Gasteiger partial charge in [0.15, 0.2) is 0 Å². The minimum atomic E-state index is -0.225. The normalized spacial score (nSPS) is 14.0. The lowest BCUT2D eigenvalue weighted by atomic mass is 10.2. The number of carbonyl (C=O) groups excluding carboxylic acids is 1. The molecule has 1 heterocycles. The lowest BCUT2D eigenvalue weighted by Crippen LogP contribution is -2.18. The second-order valence-electron chi connectivity index (χ2n) is 6.07. The first-order valence-corrected chi connectivity index (χ1v) is 9.61. The van der Waals surface area contributed by atoms with Crippen LogP contribution in [0.15, 0.2) is 46.9 Å². The highest BCUT2D eigenvalue weighted by Crippen LogP contribution is 2.31. The van der Waals surface area contributed by atoms with Crippen LogP contribution in [0.4, 0.5) is 11.4 Å². The third kappa shape index (κ3) is 4.59. The molecule has 0 bridgehead atoms. The number of hydrogen-bond donors (Lipinski definition) is 1. The van der Waals surface area contributed by atoms with Crippen LogP contribution in [-0.2, 0) is 4.79 Å². The highest BCUT2D eigenvalue weighted by atomic mass is 79.9. The van der Waals surface area contributed by atoms with Crippen molar-refractivity contribution in [1.29, 1.82) is 0 Å². The van der Waals surface area contributed by atoms with Gasteiger partial charge in [0.1, 0.15) is 5.75 Å². The molecule has 2 aromatic rings. The van der Waals surface area contributed by atoms with E-state index in [4.69, 9.17) is 16.3 Å². The van der Waals surface area contributed by atoms with Gasteiger partial charge < -0.3 is 15.0 Å². The molecule has 26 heavy (non-hydrogen) atoms. The Morgan fingerprint density at radius 3 is 2.69 bits per heavy atom. The molecule has 1 N–H and O–H groups in total. The number of ether oxygens (including phenoxy) is 1. The zero-order valence-electron chi connectivity index (χ0n) is 14.5. The number of hydrogen-bond acceptors (Lipinski definition) is 3. The van der Waals surface area contributed by atoms with Gasteiger partial charge in [-0.3, -0.25) is 4.79 Å². The van der Waals surface area contributed by atoms with E-state index in [2.05, 4.69) is 26.1 Å². The zero-order chi connectivity index (χ0) is 18.5. The molecule has 6 heteroatoms. The van der Waals surface area contributed by atoms with E-state index in [-0.39, 0.29) is 5.91 Å². The molecule has 1 amide bonds. The molecule has 0 spiro atoms. The number of nitrogens with zero attached hydrogens (tertiary/aromatic N) is 1. The molecule has 0 aromatic heterocycles. The fraction of sp³-hybridized carbons (Fsp3) is 0.250. The Bertz CT molecular complexity index is 833. The van der Waals surface area contributed by atoms with Crippen molar-refractivity contribution in [3.8, 4) is 5.75 Å². The molecule has 3 rings (SSSR count). The summed E-state index contributed by atoms with van der Waals surface area (Å²) in [6, 6.07) is 11.3. The molecule has 0 radical (unpaired) electrons. The molecular formula is C20H20BrClN2O2. The van der Waals surface area contributed by atoms with E-state index in [1.165, 1.54) is 18.9 Å². The summed E-state index contributed by atoms with van der Waals surface area (Å²) in [7, 11) is 1.60. The number of nitrogens with one attached hydrogen (secondary N) is 1. The summed E-state index contributed by atoms with van der Waals surface area (Å²) in [5.41, 5.74) is 2.52. The molecule has 0 saturated carbocycles. The van der Waals surface area contributed by atoms with Crippen molar-refractivity contribution in [3.63, 3.8) is 0 Å². The zero-order valence-corrected chi connectivity index (χ0v) is 16.8. The predicted molar refractivity (Wildman–Crippen MR) is 111 cm³/mol. The Kier molecular flexibility index (Phi) is 6.22. The number of anilines is 2. The van der Waals surface area contributed by atoms with E-state index in [1.807, 2.05) is 30.3 Å². The molecule has 0 atom stereocenters. The maximum absolute atomic E-state index is 12.2. The lowest BCUT2D eigenvalue weighted by Gasteiger charge is -2.19. The average molecular weight is 436 g/mol. The van der Waals surface area contributed by atoms with Gasteiger partial charge in [-0.2, -0.15) is 0 Å². The molecule has 2 aromatic carbocycles. The molecule has 1 aliphatic rings. The summed E-state index contributed by atoms with van der Waals surface area (Å²) in [4.78, 5) is 14.5. The topological polar surface area (TPSA) is 41.6 Å². The van der Waals surface area contributed by atoms with Gasteiger partial charge in [-0.15, -0.1) is 0 Å². The molecule has 1 saturated heterocycles. The van der Waals surface area contributed by atoms with Crippen LogP contribution < -0.4 is 15.0 Å². The van der Waals surface area contributed by atoms with Crippen molar-refractivity contribution in [2.45, 2.75) is 12.8 Å². The van der Waals surface area contributed by atoms with Crippen LogP contribution in [0, 0.1) is 0 Å². The van der Waals surface area contributed by atoms with Gasteiger partial charge in [-0.05, 0) is 55.3 Å². The molecule has 0 aliphatic carbocycles. The van der Waals surface area contributed by atoms with Crippen molar-refractivity contribution in [1.82, 2.24) is 0 Å². The standard InChI is InChI=1S/C20H20BrClN2O2/c1-26-19-8-5-15(21)12-14(19)4-9-20(25)23-16-6-7-18(17(22)13-16)24-10-2-3-11-24/h4-9,12-13H,2-3,10-11H2,1H3,(H,23,25)/b9-4+. The monoisotopic (exact) mass is 434 g/mol. The molecule has 0 unspecified atom stereocenters. The predicted octanol–water partition coefficient (Wildman–Crippen LogP) is 5.36. The second-order valence-corrected chi connectivity index (χ2v) is 7.39. The quantitative estimate of drug-likeness (QED) is 0.643. The molecule has 4 nitrogen and oxygen atoms in total. The number of methoxy groups -OCH3 is 1. The summed E-state index contributed by atoms with van der Waals surface area (Å²) in [6.45, 7) is 2.06. The van der Waals surface area contributed by atoms with E-state index >= 15 is 0 Å². The number of carbonyl (C=O) groups is 1. The van der Waals surface area contributed by atoms with Crippen LogP contribution in [0.2, 0.25) is 5.02 Å². The van der Waals surface area contributed by atoms with E-state index in [0.29, 0.717) is 16.5 Å². The van der Waals surface area contributed by atoms with Crippen molar-refractivity contribution >= 4 is 50.9 Å². The first-order valence-electron chi connectivity index (χ1n) is 8.44. The fourth-order valence-corrected chi connectivity index (χ4v) is 3.66. The molecule has 1 fully saturated rings. The van der Waals surface area contributed by atoms with E-state index in [0.717, 1.165) is 28.8 Å². The van der Waals surface area contributed by atoms with Crippen molar-refractivity contribution < 1.29 is 9.53 Å². The largest absolute Gasteiger partial charge is 0.496 e. The Balaban J connectivity index is 1.68. The average Bonchev–Trinajstić information content (AvgIpc) is 3.14. The van der Waals surface area contributed by atoms with E-state index in [1.54, 1.807) is 19.3 Å². The van der Waals surface area contributed by atoms with Gasteiger partial charge in [-0.1, -0.05) is 27.5 Å². The van der Waals surface area contributed by atoms with Gasteiger partial charge in [0.25, 0.3) is 0 Å². The summed E-state index contributed by atoms with van der Waals surface area (Å²) in [6.07, 6.45) is 5.59. The number of benzene rings is 2. The Labute approximate surface area is 166 Å². The summed E-state index contributed by atoms with van der Waals surface area (Å²) < 4.78 is 6.22. The summed E-state index contributed by atoms with van der Waals surface area (Å²) in [5.74, 6) is 0.479. The first kappa shape index (κ1) is 18.8. The SMILES string of the molecule is COc1ccc(Br)cc1/C=C/C(=O)Nc1ccc(N2CCCC2)c(Cl)c1. The number of halogens is 2. The maximum Gasteiger partial charge on any atom is 0.248 e. The van der Waals surface area contributed by atoms with Crippen LogP contribution >= 0.6 is 27.5 Å². The second kappa shape index (κ2) is 8.60. The molecule has 1 aliphatic heterocycles. The number of amides is 1. The van der Waals surface area contributed by atoms with Crippen LogP contribution in [0.3, 0.4) is 0 Å². The highest BCUT2D eigenvalue weighted by Gasteiger charge is 2.15. The third-order valence-corrected chi connectivity index (χ3v) is 5.06. The Morgan fingerprint density at radius 2 is 2.00 bits per heavy atom. The summed E-state index contributed by atoms with van der Waals surface area (Å²) >= 11 is 9.81. The highest BCUT2D eigenvalue weighted by molar-refractivity contribution is 9.10. The van der Waals surface area contributed by atoms with Gasteiger partial charge in [-0.25, -0.2) is 0 Å². The Hall–Kier alpha value is -1.98. The minimum Gasteiger partial charge on any atom is -0.496 e. The minimum absolute atomic E-state index is 0.225. The molecule has 136 valence electrons. The lowest BCUT2D eigenvalue weighted by molar-refractivity contribution is -0.111. The van der Waals surface area contributed by atoms with Gasteiger partial charge in [0.05, 0.1) is 17.8 Å². The van der Waals surface area contributed by atoms with Crippen molar-refractivity contribution in [2.75, 3.05) is 30.4 Å². The van der Waals surface area contributed by atoms with Gasteiger partial charge >= 0.3 is 0 Å². The van der Waals surface area contributed by atoms with Crippen LogP contribution in [0.1, 0.15) is 18.4 Å². The van der Waals surface area contributed by atoms with E-state index < -0.39 is 0 Å². The third-order valence-electron chi connectivity index (χ3n) is 4.27. The number of rotatable bonds is 5. The molecular weight excluding hydrogens is 416 g/mol. The van der Waals surface area contributed by atoms with Crippen molar-refractivity contribution in [2.24, 2.45) is 0 Å². The Morgan fingerprint density at radius 1 is 1.23 bits per heavy atom. The van der Waals surface area contributed by atoms with Crippen LogP contribution in [0.25, 0.3) is 6.08 Å².